The number of rotatable bonds is 1. The van der Waals surface area contributed by atoms with E-state index in [1.165, 1.54) is 6.07 Å². The fourth-order valence-electron chi connectivity index (χ4n) is 2.63. The summed E-state index contributed by atoms with van der Waals surface area (Å²) in [5.41, 5.74) is 0.578. The van der Waals surface area contributed by atoms with Crippen LogP contribution in [0.4, 0.5) is 17.1 Å². The molecule has 0 spiro atoms. The molecule has 1 aromatic rings. The van der Waals surface area contributed by atoms with E-state index >= 15 is 0 Å². The number of nitrogens with one attached hydrogen (secondary N) is 1. The number of para-hydroxylation sites is 1. The van der Waals surface area contributed by atoms with Crippen LogP contribution in [0.25, 0.3) is 0 Å². The Kier molecular flexibility index (Phi) is 1.76. The summed E-state index contributed by atoms with van der Waals surface area (Å²) in [4.78, 5) is 24.0. The van der Waals surface area contributed by atoms with Gasteiger partial charge in [-0.1, -0.05) is 6.07 Å². The van der Waals surface area contributed by atoms with Gasteiger partial charge < -0.3 is 5.32 Å². The molecule has 2 aliphatic rings. The van der Waals surface area contributed by atoms with Crippen LogP contribution in [0, 0.1) is 10.1 Å². The molecule has 2 heterocycles. The molecule has 0 aromatic heterocycles. The summed E-state index contributed by atoms with van der Waals surface area (Å²) in [5, 5.41) is 14.0. The molecule has 0 saturated carbocycles. The summed E-state index contributed by atoms with van der Waals surface area (Å²) in [5.74, 6) is 0.0132. The largest absolute Gasteiger partial charge is 0.355 e. The van der Waals surface area contributed by atoms with E-state index in [1.807, 2.05) is 6.92 Å². The monoisotopic (exact) mass is 233 g/mol. The van der Waals surface area contributed by atoms with Crippen LogP contribution in [0.1, 0.15) is 19.8 Å². The number of fused-ring (bicyclic) bond motifs is 3. The van der Waals surface area contributed by atoms with Crippen LogP contribution in [0.2, 0.25) is 0 Å². The van der Waals surface area contributed by atoms with Crippen LogP contribution in [0.5, 0.6) is 0 Å². The van der Waals surface area contributed by atoms with Crippen molar-refractivity contribution >= 4 is 23.0 Å². The lowest BCUT2D eigenvalue weighted by Gasteiger charge is -2.27. The van der Waals surface area contributed by atoms with Crippen molar-refractivity contribution in [1.82, 2.24) is 0 Å². The first-order chi connectivity index (χ1) is 8.03. The molecule has 1 saturated heterocycles. The van der Waals surface area contributed by atoms with Gasteiger partial charge in [0.25, 0.3) is 5.69 Å². The first kappa shape index (κ1) is 10.1. The van der Waals surface area contributed by atoms with Gasteiger partial charge in [-0.25, -0.2) is 0 Å². The zero-order chi connectivity index (χ0) is 12.2. The van der Waals surface area contributed by atoms with E-state index in [-0.39, 0.29) is 11.6 Å². The second-order valence-electron chi connectivity index (χ2n) is 4.56. The minimum absolute atomic E-state index is 0.0132. The fourth-order valence-corrected chi connectivity index (χ4v) is 2.63. The fraction of sp³-hybridized carbons (Fsp3) is 0.364. The minimum atomic E-state index is -0.508. The summed E-state index contributed by atoms with van der Waals surface area (Å²) >= 11 is 0. The molecule has 0 bridgehead atoms. The molecule has 17 heavy (non-hydrogen) atoms. The van der Waals surface area contributed by atoms with Crippen LogP contribution in [0.15, 0.2) is 18.2 Å². The first-order valence-electron chi connectivity index (χ1n) is 5.41. The van der Waals surface area contributed by atoms with Gasteiger partial charge in [0.15, 0.2) is 0 Å². The Hall–Kier alpha value is -2.11. The van der Waals surface area contributed by atoms with Crippen LogP contribution in [-0.4, -0.2) is 16.5 Å². The van der Waals surface area contributed by atoms with Crippen molar-refractivity contribution in [2.45, 2.75) is 25.4 Å². The lowest BCUT2D eigenvalue weighted by atomic mass is 10.1. The molecule has 0 aliphatic carbocycles. The first-order valence-corrected chi connectivity index (χ1v) is 5.41. The highest BCUT2D eigenvalue weighted by molar-refractivity contribution is 6.05. The molecular weight excluding hydrogens is 222 g/mol. The van der Waals surface area contributed by atoms with Crippen LogP contribution >= 0.6 is 0 Å². The average molecular weight is 233 g/mol. The van der Waals surface area contributed by atoms with Crippen molar-refractivity contribution in [3.05, 3.63) is 28.3 Å². The number of benzene rings is 1. The standard InChI is InChI=1S/C11H11N3O3/c1-11-6-5-9(15)13(11)7-3-2-4-8(14(16)17)10(7)12-11/h2-4,12H,5-6H2,1H3. The maximum absolute atomic E-state index is 11.8. The summed E-state index contributed by atoms with van der Waals surface area (Å²) in [6.45, 7) is 1.89. The number of nitrogens with zero attached hydrogens (tertiary/aromatic N) is 2. The number of nitro benzene ring substituents is 1. The average Bonchev–Trinajstić information content (AvgIpc) is 2.72. The highest BCUT2D eigenvalue weighted by Crippen LogP contribution is 2.49. The Morgan fingerprint density at radius 3 is 3.00 bits per heavy atom. The predicted octanol–water partition coefficient (Wildman–Crippen LogP) is 1.86. The summed E-state index contributed by atoms with van der Waals surface area (Å²) in [6.07, 6.45) is 1.14. The molecule has 1 amide bonds. The van der Waals surface area contributed by atoms with Gasteiger partial charge in [0.2, 0.25) is 5.91 Å². The Morgan fingerprint density at radius 1 is 1.53 bits per heavy atom. The van der Waals surface area contributed by atoms with E-state index in [2.05, 4.69) is 5.32 Å². The lowest BCUT2D eigenvalue weighted by Crippen LogP contribution is -2.44. The number of hydrogen-bond acceptors (Lipinski definition) is 4. The molecule has 1 unspecified atom stereocenters. The molecule has 1 atom stereocenters. The van der Waals surface area contributed by atoms with Crippen molar-refractivity contribution in [2.24, 2.45) is 0 Å². The second kappa shape index (κ2) is 2.97. The summed E-state index contributed by atoms with van der Waals surface area (Å²) < 4.78 is 0. The summed E-state index contributed by atoms with van der Waals surface area (Å²) in [6, 6.07) is 4.79. The topological polar surface area (TPSA) is 75.5 Å². The van der Waals surface area contributed by atoms with Gasteiger partial charge in [0.1, 0.15) is 11.4 Å². The molecule has 6 nitrogen and oxygen atoms in total. The normalized spacial score (nSPS) is 25.5. The second-order valence-corrected chi connectivity index (χ2v) is 4.56. The molecule has 88 valence electrons. The van der Waals surface area contributed by atoms with E-state index < -0.39 is 10.6 Å². The highest BCUT2D eigenvalue weighted by Gasteiger charge is 2.49. The van der Waals surface area contributed by atoms with E-state index in [4.69, 9.17) is 0 Å². The molecule has 6 heteroatoms. The Bertz CT molecular complexity index is 543. The van der Waals surface area contributed by atoms with E-state index in [1.54, 1.807) is 17.0 Å². The number of amides is 1. The van der Waals surface area contributed by atoms with E-state index in [0.717, 1.165) is 0 Å². The quantitative estimate of drug-likeness (QED) is 0.593. The van der Waals surface area contributed by atoms with Crippen molar-refractivity contribution in [1.29, 1.82) is 0 Å². The number of nitro groups is 1. The third-order valence-corrected chi connectivity index (χ3v) is 3.42. The van der Waals surface area contributed by atoms with Crippen LogP contribution in [-0.2, 0) is 4.79 Å². The van der Waals surface area contributed by atoms with Gasteiger partial charge in [0, 0.05) is 12.5 Å². The lowest BCUT2D eigenvalue weighted by molar-refractivity contribution is -0.383. The zero-order valence-electron chi connectivity index (χ0n) is 9.27. The van der Waals surface area contributed by atoms with Crippen molar-refractivity contribution in [3.63, 3.8) is 0 Å². The maximum Gasteiger partial charge on any atom is 0.294 e. The molecule has 1 fully saturated rings. The van der Waals surface area contributed by atoms with Crippen molar-refractivity contribution < 1.29 is 9.72 Å². The third kappa shape index (κ3) is 1.17. The zero-order valence-corrected chi connectivity index (χ0v) is 9.27. The number of hydrogen-bond donors (Lipinski definition) is 1. The predicted molar refractivity (Wildman–Crippen MR) is 61.8 cm³/mol. The molecule has 3 rings (SSSR count). The molecule has 1 aromatic carbocycles. The number of carbonyl (C=O) groups is 1. The minimum Gasteiger partial charge on any atom is -0.355 e. The SMILES string of the molecule is CC12CCC(=O)N1c1cccc([N+](=O)[O-])c1N2. The third-order valence-electron chi connectivity index (χ3n) is 3.42. The van der Waals surface area contributed by atoms with Gasteiger partial charge >= 0.3 is 0 Å². The Morgan fingerprint density at radius 2 is 2.29 bits per heavy atom. The highest BCUT2D eigenvalue weighted by atomic mass is 16.6. The smallest absolute Gasteiger partial charge is 0.294 e. The Balaban J connectivity index is 2.20. The summed E-state index contributed by atoms with van der Waals surface area (Å²) in [7, 11) is 0. The maximum atomic E-state index is 11.8. The van der Waals surface area contributed by atoms with Crippen molar-refractivity contribution in [2.75, 3.05) is 10.2 Å². The number of anilines is 2. The van der Waals surface area contributed by atoms with Gasteiger partial charge in [-0.2, -0.15) is 0 Å². The van der Waals surface area contributed by atoms with Crippen LogP contribution in [0.3, 0.4) is 0 Å². The van der Waals surface area contributed by atoms with Crippen molar-refractivity contribution in [3.8, 4) is 0 Å². The molecule has 2 aliphatic heterocycles. The number of carbonyl (C=O) groups excluding carboxylic acids is 1. The Labute approximate surface area is 97.4 Å². The van der Waals surface area contributed by atoms with E-state index in [0.29, 0.717) is 24.2 Å². The van der Waals surface area contributed by atoms with Gasteiger partial charge in [-0.05, 0) is 19.4 Å². The molecule has 0 radical (unpaired) electrons. The van der Waals surface area contributed by atoms with Gasteiger partial charge in [0.05, 0.1) is 10.6 Å². The molecular formula is C11H11N3O3. The molecule has 1 N–H and O–H groups in total. The van der Waals surface area contributed by atoms with E-state index in [9.17, 15) is 14.9 Å². The van der Waals surface area contributed by atoms with Crippen LogP contribution < -0.4 is 10.2 Å². The van der Waals surface area contributed by atoms with Gasteiger partial charge in [-0.15, -0.1) is 0 Å². The van der Waals surface area contributed by atoms with Gasteiger partial charge in [-0.3, -0.25) is 19.8 Å².